The number of guanidine groups is 1. The normalized spacial score (nSPS) is 21.9. The number of halogens is 5. The number of rotatable bonds is 5. The number of benzene rings is 1. The highest BCUT2D eigenvalue weighted by atomic mass is 127. The second kappa shape index (κ2) is 11.3. The topological polar surface area (TPSA) is 56.7 Å². The molecule has 0 radical (unpaired) electrons. The fourth-order valence-corrected chi connectivity index (χ4v) is 3.36. The lowest BCUT2D eigenvalue weighted by molar-refractivity contribution is -0.182. The molecule has 3 N–H and O–H groups in total. The molecular formula is C18H26ClF3IN3O. The average molecular weight is 520 g/mol. The van der Waals surface area contributed by atoms with Crippen molar-refractivity contribution < 1.29 is 18.3 Å². The standard InChI is InChI=1S/C18H25ClF3N3O.HI/c1-2-23-17(24-11-16(26)14-5-3-4-6-15(14)19)25-13-9-7-12(8-10-13)18(20,21)22;/h3-6,12-13,16,26H,2,7-11H2,1H3,(H2,23,24,25);1H. The summed E-state index contributed by atoms with van der Waals surface area (Å²) in [5.41, 5.74) is 0.597. The molecule has 27 heavy (non-hydrogen) atoms. The van der Waals surface area contributed by atoms with Crippen molar-refractivity contribution in [1.82, 2.24) is 10.6 Å². The lowest BCUT2D eigenvalue weighted by Gasteiger charge is -2.31. The molecule has 1 aliphatic rings. The van der Waals surface area contributed by atoms with Crippen molar-refractivity contribution in [2.45, 2.75) is 50.9 Å². The highest BCUT2D eigenvalue weighted by Crippen LogP contribution is 2.37. The largest absolute Gasteiger partial charge is 0.391 e. The number of aliphatic imine (C=N–C) groups is 1. The molecule has 1 aromatic rings. The third-order valence-electron chi connectivity index (χ3n) is 4.56. The van der Waals surface area contributed by atoms with Crippen LogP contribution in [0.1, 0.15) is 44.3 Å². The van der Waals surface area contributed by atoms with Gasteiger partial charge in [-0.1, -0.05) is 29.8 Å². The zero-order chi connectivity index (χ0) is 19.2. The van der Waals surface area contributed by atoms with Gasteiger partial charge in [0, 0.05) is 23.2 Å². The summed E-state index contributed by atoms with van der Waals surface area (Å²) >= 11 is 6.07. The molecule has 0 amide bonds. The van der Waals surface area contributed by atoms with Gasteiger partial charge in [0.25, 0.3) is 0 Å². The average Bonchev–Trinajstić information content (AvgIpc) is 2.59. The van der Waals surface area contributed by atoms with E-state index in [0.29, 0.717) is 35.9 Å². The van der Waals surface area contributed by atoms with Crippen LogP contribution in [0.25, 0.3) is 0 Å². The van der Waals surface area contributed by atoms with Gasteiger partial charge in [0.2, 0.25) is 0 Å². The van der Waals surface area contributed by atoms with Crippen LogP contribution in [0.2, 0.25) is 5.02 Å². The molecule has 1 aliphatic carbocycles. The van der Waals surface area contributed by atoms with E-state index in [4.69, 9.17) is 11.6 Å². The van der Waals surface area contributed by atoms with Crippen molar-refractivity contribution in [3.63, 3.8) is 0 Å². The molecule has 0 aromatic heterocycles. The van der Waals surface area contributed by atoms with Crippen molar-refractivity contribution in [2.75, 3.05) is 13.1 Å². The Balaban J connectivity index is 0.00000364. The number of alkyl halides is 3. The summed E-state index contributed by atoms with van der Waals surface area (Å²) in [4.78, 5) is 4.36. The Morgan fingerprint density at radius 3 is 2.44 bits per heavy atom. The molecule has 1 unspecified atom stereocenters. The zero-order valence-electron chi connectivity index (χ0n) is 15.1. The van der Waals surface area contributed by atoms with Crippen LogP contribution in [0.15, 0.2) is 29.3 Å². The maximum absolute atomic E-state index is 12.8. The SMILES string of the molecule is CCNC(=NCC(O)c1ccccc1Cl)NC1CCC(C(F)(F)F)CC1.I. The highest BCUT2D eigenvalue weighted by molar-refractivity contribution is 14.0. The van der Waals surface area contributed by atoms with Gasteiger partial charge in [-0.3, -0.25) is 4.99 Å². The number of nitrogens with zero attached hydrogens (tertiary/aromatic N) is 1. The maximum atomic E-state index is 12.8. The van der Waals surface area contributed by atoms with E-state index in [0.717, 1.165) is 0 Å². The predicted molar refractivity (Wildman–Crippen MR) is 113 cm³/mol. The molecule has 154 valence electrons. The monoisotopic (exact) mass is 519 g/mol. The lowest BCUT2D eigenvalue weighted by Crippen LogP contribution is -2.46. The van der Waals surface area contributed by atoms with Crippen LogP contribution in [0, 0.1) is 5.92 Å². The molecule has 0 saturated heterocycles. The minimum Gasteiger partial charge on any atom is -0.386 e. The first-order chi connectivity index (χ1) is 12.3. The molecule has 1 atom stereocenters. The number of nitrogens with one attached hydrogen (secondary N) is 2. The summed E-state index contributed by atoms with van der Waals surface area (Å²) in [6.45, 7) is 2.63. The summed E-state index contributed by atoms with van der Waals surface area (Å²) in [5.74, 6) is -0.712. The Kier molecular flexibility index (Phi) is 10.2. The Morgan fingerprint density at radius 2 is 1.89 bits per heavy atom. The van der Waals surface area contributed by atoms with Gasteiger partial charge in [-0.15, -0.1) is 24.0 Å². The summed E-state index contributed by atoms with van der Waals surface area (Å²) in [5, 5.41) is 17.0. The molecule has 0 aliphatic heterocycles. The van der Waals surface area contributed by atoms with Gasteiger partial charge in [0.15, 0.2) is 5.96 Å². The number of aliphatic hydroxyl groups excluding tert-OH is 1. The zero-order valence-corrected chi connectivity index (χ0v) is 18.2. The first-order valence-corrected chi connectivity index (χ1v) is 9.23. The molecule has 9 heteroatoms. The van der Waals surface area contributed by atoms with E-state index < -0.39 is 18.2 Å². The smallest absolute Gasteiger partial charge is 0.386 e. The number of hydrogen-bond donors (Lipinski definition) is 3. The minimum absolute atomic E-state index is 0. The van der Waals surface area contributed by atoms with Crippen molar-refractivity contribution >= 4 is 41.5 Å². The minimum atomic E-state index is -4.11. The van der Waals surface area contributed by atoms with Gasteiger partial charge in [0.05, 0.1) is 12.5 Å². The summed E-state index contributed by atoms with van der Waals surface area (Å²) in [7, 11) is 0. The molecule has 0 heterocycles. The van der Waals surface area contributed by atoms with Crippen molar-refractivity contribution in [3.8, 4) is 0 Å². The molecule has 2 rings (SSSR count). The molecular weight excluding hydrogens is 494 g/mol. The maximum Gasteiger partial charge on any atom is 0.391 e. The third-order valence-corrected chi connectivity index (χ3v) is 4.91. The Hall–Kier alpha value is -0.740. The van der Waals surface area contributed by atoms with E-state index in [9.17, 15) is 18.3 Å². The van der Waals surface area contributed by atoms with Crippen molar-refractivity contribution in [2.24, 2.45) is 10.9 Å². The number of hydrogen-bond acceptors (Lipinski definition) is 2. The van der Waals surface area contributed by atoms with Crippen LogP contribution in [0.3, 0.4) is 0 Å². The van der Waals surface area contributed by atoms with Gasteiger partial charge >= 0.3 is 6.18 Å². The first-order valence-electron chi connectivity index (χ1n) is 8.85. The van der Waals surface area contributed by atoms with Crippen LogP contribution in [-0.2, 0) is 0 Å². The number of aliphatic hydroxyl groups is 1. The van der Waals surface area contributed by atoms with Gasteiger partial charge < -0.3 is 15.7 Å². The summed E-state index contributed by atoms with van der Waals surface area (Å²) < 4.78 is 38.3. The van der Waals surface area contributed by atoms with Gasteiger partial charge in [0.1, 0.15) is 6.10 Å². The fraction of sp³-hybridized carbons (Fsp3) is 0.611. The van der Waals surface area contributed by atoms with E-state index >= 15 is 0 Å². The van der Waals surface area contributed by atoms with E-state index in [2.05, 4.69) is 15.6 Å². The fourth-order valence-electron chi connectivity index (χ4n) is 3.10. The van der Waals surface area contributed by atoms with Crippen LogP contribution < -0.4 is 10.6 Å². The molecule has 1 aromatic carbocycles. The van der Waals surface area contributed by atoms with E-state index in [1.165, 1.54) is 0 Å². The second-order valence-electron chi connectivity index (χ2n) is 6.49. The lowest BCUT2D eigenvalue weighted by atomic mass is 9.85. The highest BCUT2D eigenvalue weighted by Gasteiger charge is 2.41. The molecule has 1 fully saturated rings. The first kappa shape index (κ1) is 24.3. The van der Waals surface area contributed by atoms with Gasteiger partial charge in [-0.25, -0.2) is 0 Å². The Bertz CT molecular complexity index is 608. The quantitative estimate of drug-likeness (QED) is 0.301. The van der Waals surface area contributed by atoms with Gasteiger partial charge in [-0.05, 0) is 38.7 Å². The van der Waals surface area contributed by atoms with Crippen molar-refractivity contribution in [3.05, 3.63) is 34.9 Å². The van der Waals surface area contributed by atoms with E-state index in [1.54, 1.807) is 24.3 Å². The van der Waals surface area contributed by atoms with Crippen molar-refractivity contribution in [1.29, 1.82) is 0 Å². The molecule has 4 nitrogen and oxygen atoms in total. The van der Waals surface area contributed by atoms with Crippen LogP contribution >= 0.6 is 35.6 Å². The van der Waals surface area contributed by atoms with Crippen LogP contribution in [-0.4, -0.2) is 36.4 Å². The molecule has 0 spiro atoms. The van der Waals surface area contributed by atoms with E-state index in [1.807, 2.05) is 6.92 Å². The molecule has 0 bridgehead atoms. The van der Waals surface area contributed by atoms with E-state index in [-0.39, 0.29) is 49.4 Å². The summed E-state index contributed by atoms with van der Waals surface area (Å²) in [6, 6.07) is 6.96. The third kappa shape index (κ3) is 7.65. The summed E-state index contributed by atoms with van der Waals surface area (Å²) in [6.07, 6.45) is -3.81. The van der Waals surface area contributed by atoms with Crippen LogP contribution in [0.5, 0.6) is 0 Å². The van der Waals surface area contributed by atoms with Crippen LogP contribution in [0.4, 0.5) is 13.2 Å². The molecule has 1 saturated carbocycles. The Labute approximate surface area is 180 Å². The van der Waals surface area contributed by atoms with Gasteiger partial charge in [-0.2, -0.15) is 13.2 Å². The second-order valence-corrected chi connectivity index (χ2v) is 6.90. The predicted octanol–water partition coefficient (Wildman–Crippen LogP) is 4.67. The Morgan fingerprint density at radius 1 is 1.26 bits per heavy atom.